The van der Waals surface area contributed by atoms with E-state index in [1.165, 1.54) is 0 Å². The maximum Gasteiger partial charge on any atom is 0.120 e. The zero-order valence-corrected chi connectivity index (χ0v) is 17.0. The highest BCUT2D eigenvalue weighted by Gasteiger charge is 2.33. The summed E-state index contributed by atoms with van der Waals surface area (Å²) in [5.74, 6) is 0.0724. The van der Waals surface area contributed by atoms with Crippen molar-refractivity contribution in [3.63, 3.8) is 0 Å². The monoisotopic (exact) mass is 417 g/mol. The summed E-state index contributed by atoms with van der Waals surface area (Å²) in [6.07, 6.45) is 4.53. The lowest BCUT2D eigenvalue weighted by Gasteiger charge is -2.17. The zero-order chi connectivity index (χ0) is 18.4. The minimum absolute atomic E-state index is 0.0505. The van der Waals surface area contributed by atoms with E-state index in [4.69, 9.17) is 35.4 Å². The highest BCUT2D eigenvalue weighted by molar-refractivity contribution is 7.80. The molecule has 1 aromatic heterocycles. The smallest absolute Gasteiger partial charge is 0.120 e. The van der Waals surface area contributed by atoms with Gasteiger partial charge >= 0.3 is 0 Å². The van der Waals surface area contributed by atoms with Crippen LogP contribution in [0.1, 0.15) is 17.9 Å². The molecule has 0 aliphatic carbocycles. The van der Waals surface area contributed by atoms with E-state index in [2.05, 4.69) is 5.10 Å². The predicted octanol–water partition coefficient (Wildman–Crippen LogP) is 4.80. The Kier molecular flexibility index (Phi) is 5.18. The molecule has 0 bridgehead atoms. The zero-order valence-electron chi connectivity index (χ0n) is 13.8. The van der Waals surface area contributed by atoms with E-state index in [1.54, 1.807) is 36.3 Å². The summed E-state index contributed by atoms with van der Waals surface area (Å²) in [5, 5.41) is 15.2. The molecule has 3 rings (SSSR count). The lowest BCUT2D eigenvalue weighted by molar-refractivity contribution is 0.463. The Morgan fingerprint density at radius 1 is 1.40 bits per heavy atom. The summed E-state index contributed by atoms with van der Waals surface area (Å²) in [6.45, 7) is 4.04. The maximum atomic E-state index is 12.0. The summed E-state index contributed by atoms with van der Waals surface area (Å²) in [6, 6.07) is 3.12. The second-order valence-corrected chi connectivity index (χ2v) is 11.3. The first kappa shape index (κ1) is 18.7. The van der Waals surface area contributed by atoms with Gasteiger partial charge in [0.05, 0.1) is 33.2 Å². The number of rotatable bonds is 4. The van der Waals surface area contributed by atoms with Crippen molar-refractivity contribution >= 4 is 53.2 Å². The van der Waals surface area contributed by atoms with E-state index in [9.17, 15) is 9.67 Å². The first-order valence-electron chi connectivity index (χ1n) is 7.69. The van der Waals surface area contributed by atoms with Gasteiger partial charge in [0, 0.05) is 30.6 Å². The minimum atomic E-state index is -2.22. The molecule has 0 radical (unpaired) electrons. The van der Waals surface area contributed by atoms with Gasteiger partial charge in [0.2, 0.25) is 0 Å². The molecule has 5 nitrogen and oxygen atoms in total. The summed E-state index contributed by atoms with van der Waals surface area (Å²) in [7, 11) is -2.22. The number of phenolic OH excluding ortho intramolecular Hbond substituents is 1. The molecule has 2 heterocycles. The average molecular weight is 418 g/mol. The molecule has 1 N–H and O–H groups in total. The molecule has 0 amide bonds. The van der Waals surface area contributed by atoms with Gasteiger partial charge in [-0.3, -0.25) is 4.68 Å². The van der Waals surface area contributed by atoms with E-state index < -0.39 is 7.14 Å². The van der Waals surface area contributed by atoms with Crippen LogP contribution in [0.3, 0.4) is 0 Å². The van der Waals surface area contributed by atoms with Crippen molar-refractivity contribution in [2.45, 2.75) is 18.6 Å². The quantitative estimate of drug-likeness (QED) is 0.571. The molecule has 0 saturated carbocycles. The van der Waals surface area contributed by atoms with Crippen LogP contribution in [-0.2, 0) is 10.9 Å². The molecule has 25 heavy (non-hydrogen) atoms. The van der Waals surface area contributed by atoms with Crippen molar-refractivity contribution < 1.29 is 9.67 Å². The van der Waals surface area contributed by atoms with Crippen LogP contribution >= 0.6 is 42.6 Å². The number of phenols is 1. The first-order valence-corrected chi connectivity index (χ1v) is 11.6. The number of benzene rings is 1. The van der Waals surface area contributed by atoms with Gasteiger partial charge in [0.15, 0.2) is 0 Å². The van der Waals surface area contributed by atoms with Crippen LogP contribution in [0, 0.1) is 0 Å². The van der Waals surface area contributed by atoms with Crippen LogP contribution in [0.5, 0.6) is 5.75 Å². The van der Waals surface area contributed by atoms with Gasteiger partial charge in [-0.2, -0.15) is 5.10 Å². The summed E-state index contributed by atoms with van der Waals surface area (Å²) >= 11 is 17.9. The molecule has 1 aliphatic rings. The fraction of sp³-hybridized carbons (Fsp3) is 0.375. The van der Waals surface area contributed by atoms with Crippen molar-refractivity contribution in [1.29, 1.82) is 0 Å². The molecule has 134 valence electrons. The van der Waals surface area contributed by atoms with E-state index in [-0.39, 0.29) is 11.7 Å². The van der Waals surface area contributed by atoms with Crippen molar-refractivity contribution in [2.75, 3.05) is 24.8 Å². The van der Waals surface area contributed by atoms with Gasteiger partial charge in [-0.1, -0.05) is 35.4 Å². The third kappa shape index (κ3) is 4.03. The minimum Gasteiger partial charge on any atom is -0.508 e. The van der Waals surface area contributed by atoms with E-state index in [0.29, 0.717) is 34.9 Å². The van der Waals surface area contributed by atoms with Gasteiger partial charge in [0.1, 0.15) is 12.9 Å². The first-order chi connectivity index (χ1) is 11.7. The highest BCUT2D eigenvalue weighted by atomic mass is 35.5. The summed E-state index contributed by atoms with van der Waals surface area (Å²) < 4.78 is 13.6. The third-order valence-electron chi connectivity index (χ3n) is 4.06. The van der Waals surface area contributed by atoms with Crippen LogP contribution in [0.4, 0.5) is 5.69 Å². The second kappa shape index (κ2) is 6.92. The van der Waals surface area contributed by atoms with Crippen molar-refractivity contribution in [3.8, 4) is 5.75 Å². The Labute approximate surface area is 161 Å². The number of halogens is 2. The van der Waals surface area contributed by atoms with Crippen LogP contribution in [0.25, 0.3) is 0 Å². The maximum absolute atomic E-state index is 12.0. The number of aromatic nitrogens is 2. The Balaban J connectivity index is 1.84. The molecule has 1 aliphatic heterocycles. The Bertz CT molecular complexity index is 880. The van der Waals surface area contributed by atoms with Crippen LogP contribution in [-0.4, -0.2) is 39.7 Å². The molecule has 1 atom stereocenters. The molecule has 1 aromatic carbocycles. The number of hydrogen-bond donors (Lipinski definition) is 1. The Morgan fingerprint density at radius 2 is 2.12 bits per heavy atom. The van der Waals surface area contributed by atoms with Crippen molar-refractivity contribution in [3.05, 3.63) is 40.1 Å². The Hall–Kier alpha value is -1.07. The number of thiocarbonyl (C=S) groups is 1. The fourth-order valence-corrected chi connectivity index (χ4v) is 4.73. The van der Waals surface area contributed by atoms with Gasteiger partial charge in [0.25, 0.3) is 0 Å². The SMILES string of the molecule is CP(C)(=O)Cn1cc(N2CC(c3c(O)ccc(Cl)c3Cl)CC2=S)cn1. The predicted molar refractivity (Wildman–Crippen MR) is 107 cm³/mol. The molecular weight excluding hydrogens is 400 g/mol. The highest BCUT2D eigenvalue weighted by Crippen LogP contribution is 2.43. The molecule has 1 unspecified atom stereocenters. The molecule has 2 aromatic rings. The fourth-order valence-electron chi connectivity index (χ4n) is 3.01. The largest absolute Gasteiger partial charge is 0.508 e. The van der Waals surface area contributed by atoms with Crippen LogP contribution in [0.2, 0.25) is 10.0 Å². The third-order valence-corrected chi connectivity index (χ3v) is 6.24. The van der Waals surface area contributed by atoms with Crippen molar-refractivity contribution in [1.82, 2.24) is 9.78 Å². The molecular formula is C16H18Cl2N3O2PS. The second-order valence-electron chi connectivity index (χ2n) is 6.65. The van der Waals surface area contributed by atoms with Crippen LogP contribution < -0.4 is 4.90 Å². The number of aromatic hydroxyl groups is 1. The van der Waals surface area contributed by atoms with Gasteiger partial charge in [-0.05, 0) is 25.5 Å². The topological polar surface area (TPSA) is 58.4 Å². The van der Waals surface area contributed by atoms with E-state index >= 15 is 0 Å². The number of anilines is 1. The molecule has 1 saturated heterocycles. The average Bonchev–Trinajstić information content (AvgIpc) is 3.08. The summed E-state index contributed by atoms with van der Waals surface area (Å²) in [5.41, 5.74) is 1.47. The lowest BCUT2D eigenvalue weighted by Crippen LogP contribution is -2.22. The van der Waals surface area contributed by atoms with Gasteiger partial charge < -0.3 is 14.6 Å². The van der Waals surface area contributed by atoms with Gasteiger partial charge in [-0.25, -0.2) is 0 Å². The molecule has 9 heteroatoms. The Morgan fingerprint density at radius 3 is 2.80 bits per heavy atom. The summed E-state index contributed by atoms with van der Waals surface area (Å²) in [4.78, 5) is 2.72. The van der Waals surface area contributed by atoms with E-state index in [0.717, 1.165) is 10.7 Å². The standard InChI is InChI=1S/C16H18Cl2N3O2PS/c1-24(2,23)9-20-8-11(6-19-20)21-7-10(5-14(21)25)15-13(22)4-3-12(17)16(15)18/h3-4,6,8,10,22H,5,7,9H2,1-2H3. The normalized spacial score (nSPS) is 18.2. The van der Waals surface area contributed by atoms with E-state index in [1.807, 2.05) is 11.1 Å². The van der Waals surface area contributed by atoms with Crippen molar-refractivity contribution in [2.24, 2.45) is 0 Å². The number of nitrogens with zero attached hydrogens (tertiary/aromatic N) is 3. The van der Waals surface area contributed by atoms with Crippen LogP contribution in [0.15, 0.2) is 24.5 Å². The lowest BCUT2D eigenvalue weighted by atomic mass is 9.97. The molecule has 0 spiro atoms. The number of hydrogen-bond acceptors (Lipinski definition) is 4. The molecule has 1 fully saturated rings. The van der Waals surface area contributed by atoms with Gasteiger partial charge in [-0.15, -0.1) is 0 Å².